The van der Waals surface area contributed by atoms with Crippen LogP contribution in [0, 0.1) is 6.92 Å². The summed E-state index contributed by atoms with van der Waals surface area (Å²) in [7, 11) is -1.57. The van der Waals surface area contributed by atoms with Crippen molar-refractivity contribution in [3.05, 3.63) is 47.5 Å². The van der Waals surface area contributed by atoms with Crippen LogP contribution in [0.3, 0.4) is 0 Å². The fraction of sp³-hybridized carbons (Fsp3) is 0.350. The Hall–Kier alpha value is -2.58. The predicted octanol–water partition coefficient (Wildman–Crippen LogP) is 2.76. The average Bonchev–Trinajstić information content (AvgIpc) is 2.83. The highest BCUT2D eigenvalue weighted by Crippen LogP contribution is 2.40. The number of ether oxygens (including phenoxy) is 2. The molecule has 0 aliphatic carbocycles. The monoisotopic (exact) mass is 401 g/mol. The number of aliphatic imine (C=N–C) groups is 1. The number of benzene rings is 2. The van der Waals surface area contributed by atoms with E-state index < -0.39 is 10.0 Å². The Bertz CT molecular complexity index is 1040. The van der Waals surface area contributed by atoms with Gasteiger partial charge in [-0.3, -0.25) is 0 Å². The Kier molecular flexibility index (Phi) is 4.76. The molecule has 0 atom stereocenters. The first-order chi connectivity index (χ1) is 13.3. The Morgan fingerprint density at radius 1 is 1.04 bits per heavy atom. The lowest BCUT2D eigenvalue weighted by molar-refractivity contribution is 0.267. The van der Waals surface area contributed by atoms with Crippen molar-refractivity contribution in [2.24, 2.45) is 4.99 Å². The van der Waals surface area contributed by atoms with Gasteiger partial charge >= 0.3 is 0 Å². The minimum absolute atomic E-state index is 0.429. The molecule has 2 aliphatic rings. The van der Waals surface area contributed by atoms with Crippen LogP contribution in [0.4, 0.5) is 5.69 Å². The first-order valence-corrected chi connectivity index (χ1v) is 11.0. The molecule has 1 fully saturated rings. The summed E-state index contributed by atoms with van der Waals surface area (Å²) in [6.07, 6.45) is 1.25. The van der Waals surface area contributed by atoms with Crippen molar-refractivity contribution in [1.82, 2.24) is 9.21 Å². The van der Waals surface area contributed by atoms with Gasteiger partial charge in [-0.25, -0.2) is 13.4 Å². The van der Waals surface area contributed by atoms with Crippen molar-refractivity contribution in [2.45, 2.75) is 6.92 Å². The van der Waals surface area contributed by atoms with Crippen LogP contribution >= 0.6 is 0 Å². The highest BCUT2D eigenvalue weighted by atomic mass is 32.2. The number of amidine groups is 1. The van der Waals surface area contributed by atoms with Gasteiger partial charge in [-0.05, 0) is 42.8 Å². The fourth-order valence-electron chi connectivity index (χ4n) is 3.46. The highest BCUT2D eigenvalue weighted by Gasteiger charge is 2.29. The molecule has 1 saturated heterocycles. The highest BCUT2D eigenvalue weighted by molar-refractivity contribution is 7.88. The normalized spacial score (nSPS) is 17.1. The number of aryl methyl sites for hydroxylation is 1. The van der Waals surface area contributed by atoms with Gasteiger partial charge in [0.15, 0.2) is 5.75 Å². The summed E-state index contributed by atoms with van der Waals surface area (Å²) >= 11 is 0. The van der Waals surface area contributed by atoms with E-state index in [9.17, 15) is 8.42 Å². The zero-order chi connectivity index (χ0) is 19.9. The Balaban J connectivity index is 1.77. The Morgan fingerprint density at radius 2 is 1.79 bits per heavy atom. The van der Waals surface area contributed by atoms with Gasteiger partial charge in [0.2, 0.25) is 10.0 Å². The summed E-state index contributed by atoms with van der Waals surface area (Å²) in [4.78, 5) is 7.01. The van der Waals surface area contributed by atoms with Gasteiger partial charge in [0.1, 0.15) is 23.0 Å². The van der Waals surface area contributed by atoms with E-state index in [4.69, 9.17) is 14.5 Å². The lowest BCUT2D eigenvalue weighted by Crippen LogP contribution is -2.50. The summed E-state index contributed by atoms with van der Waals surface area (Å²) in [5.74, 6) is 2.89. The summed E-state index contributed by atoms with van der Waals surface area (Å²) in [6, 6.07) is 11.6. The second kappa shape index (κ2) is 7.10. The maximum Gasteiger partial charge on any atom is 0.211 e. The zero-order valence-electron chi connectivity index (χ0n) is 16.2. The third-order valence-electron chi connectivity index (χ3n) is 5.00. The average molecular weight is 401 g/mol. The molecule has 0 N–H and O–H groups in total. The molecule has 0 amide bonds. The lowest BCUT2D eigenvalue weighted by atomic mass is 10.1. The largest absolute Gasteiger partial charge is 0.497 e. The molecule has 2 aromatic carbocycles. The molecule has 2 aliphatic heterocycles. The number of fused-ring (bicyclic) bond motifs is 2. The summed E-state index contributed by atoms with van der Waals surface area (Å²) in [5, 5.41) is 0. The molecule has 4 rings (SSSR count). The van der Waals surface area contributed by atoms with E-state index in [0.29, 0.717) is 43.4 Å². The third kappa shape index (κ3) is 3.57. The maximum absolute atomic E-state index is 11.8. The summed E-state index contributed by atoms with van der Waals surface area (Å²) in [5.41, 5.74) is 2.68. The molecule has 8 heteroatoms. The molecule has 2 heterocycles. The lowest BCUT2D eigenvalue weighted by Gasteiger charge is -2.35. The molecule has 2 aromatic rings. The van der Waals surface area contributed by atoms with E-state index in [0.717, 1.165) is 22.6 Å². The number of sulfonamides is 1. The first kappa shape index (κ1) is 18.8. The summed E-state index contributed by atoms with van der Waals surface area (Å²) in [6.45, 7) is 3.99. The van der Waals surface area contributed by atoms with Crippen LogP contribution < -0.4 is 9.47 Å². The van der Waals surface area contributed by atoms with Gasteiger partial charge in [-0.1, -0.05) is 6.07 Å². The van der Waals surface area contributed by atoms with Gasteiger partial charge in [0, 0.05) is 26.2 Å². The number of nitrogens with zero attached hydrogens (tertiary/aromatic N) is 3. The third-order valence-corrected chi connectivity index (χ3v) is 6.30. The van der Waals surface area contributed by atoms with Crippen molar-refractivity contribution >= 4 is 21.5 Å². The molecule has 0 aromatic heterocycles. The predicted molar refractivity (Wildman–Crippen MR) is 108 cm³/mol. The molecule has 0 spiro atoms. The molecule has 0 bridgehead atoms. The van der Waals surface area contributed by atoms with Crippen LogP contribution in [0.5, 0.6) is 17.2 Å². The van der Waals surface area contributed by atoms with E-state index in [2.05, 4.69) is 4.90 Å². The molecule has 0 unspecified atom stereocenters. The topological polar surface area (TPSA) is 71.4 Å². The van der Waals surface area contributed by atoms with E-state index in [1.807, 2.05) is 43.3 Å². The van der Waals surface area contributed by atoms with Crippen LogP contribution in [-0.4, -0.2) is 63.0 Å². The van der Waals surface area contributed by atoms with Crippen molar-refractivity contribution in [1.29, 1.82) is 0 Å². The molecule has 0 radical (unpaired) electrons. The SMILES string of the molecule is COc1ccc2c(c1)C(N1CCN(S(C)(=O)=O)CC1)=Nc1ccc(C)cc1O2. The van der Waals surface area contributed by atoms with E-state index in [1.165, 1.54) is 10.6 Å². The molecule has 28 heavy (non-hydrogen) atoms. The van der Waals surface area contributed by atoms with Crippen molar-refractivity contribution in [3.63, 3.8) is 0 Å². The van der Waals surface area contributed by atoms with Crippen LogP contribution in [0.1, 0.15) is 11.1 Å². The number of hydrogen-bond donors (Lipinski definition) is 0. The Labute approximate surface area is 165 Å². The van der Waals surface area contributed by atoms with Crippen molar-refractivity contribution in [3.8, 4) is 17.2 Å². The molecule has 7 nitrogen and oxygen atoms in total. The molecule has 148 valence electrons. The van der Waals surface area contributed by atoms with Crippen LogP contribution in [-0.2, 0) is 10.0 Å². The summed E-state index contributed by atoms with van der Waals surface area (Å²) < 4.78 is 36.8. The number of rotatable bonds is 2. The van der Waals surface area contributed by atoms with Gasteiger partial charge in [-0.15, -0.1) is 0 Å². The van der Waals surface area contributed by atoms with Gasteiger partial charge in [-0.2, -0.15) is 4.31 Å². The number of methoxy groups -OCH3 is 1. The van der Waals surface area contributed by atoms with Crippen molar-refractivity contribution in [2.75, 3.05) is 39.5 Å². The molecular formula is C20H23N3O4S. The van der Waals surface area contributed by atoms with E-state index >= 15 is 0 Å². The van der Waals surface area contributed by atoms with Crippen molar-refractivity contribution < 1.29 is 17.9 Å². The van der Waals surface area contributed by atoms with Gasteiger partial charge in [0.25, 0.3) is 0 Å². The van der Waals surface area contributed by atoms with E-state index in [-0.39, 0.29) is 0 Å². The quantitative estimate of drug-likeness (QED) is 0.774. The van der Waals surface area contributed by atoms with E-state index in [1.54, 1.807) is 7.11 Å². The number of hydrogen-bond acceptors (Lipinski definition) is 6. The first-order valence-electron chi connectivity index (χ1n) is 9.11. The van der Waals surface area contributed by atoms with Crippen LogP contribution in [0.2, 0.25) is 0 Å². The van der Waals surface area contributed by atoms with Crippen LogP contribution in [0.15, 0.2) is 41.4 Å². The smallest absolute Gasteiger partial charge is 0.211 e. The van der Waals surface area contributed by atoms with Gasteiger partial charge < -0.3 is 14.4 Å². The minimum atomic E-state index is -3.19. The molecular weight excluding hydrogens is 378 g/mol. The van der Waals surface area contributed by atoms with Gasteiger partial charge in [0.05, 0.1) is 18.9 Å². The zero-order valence-corrected chi connectivity index (χ0v) is 17.0. The second-order valence-corrected chi connectivity index (χ2v) is 9.00. The fourth-order valence-corrected chi connectivity index (χ4v) is 4.29. The maximum atomic E-state index is 11.8. The Morgan fingerprint density at radius 3 is 2.46 bits per heavy atom. The minimum Gasteiger partial charge on any atom is -0.497 e. The standard InChI is InChI=1S/C20H23N3O4S/c1-14-4-6-17-19(12-14)27-18-7-5-15(26-2)13-16(18)20(21-17)22-8-10-23(11-9-22)28(3,24)25/h4-7,12-13H,8-11H2,1-3H3. The van der Waals surface area contributed by atoms with Crippen LogP contribution in [0.25, 0.3) is 0 Å². The second-order valence-electron chi connectivity index (χ2n) is 7.02. The molecule has 0 saturated carbocycles. The number of piperazine rings is 1.